The maximum atomic E-state index is 13.6. The molecule has 4 aromatic heterocycles. The van der Waals surface area contributed by atoms with Crippen LogP contribution in [0.4, 0.5) is 8.78 Å². The summed E-state index contributed by atoms with van der Waals surface area (Å²) in [5, 5.41) is 16.7. The molecule has 180 valence electrons. The van der Waals surface area contributed by atoms with Crippen LogP contribution in [0.3, 0.4) is 0 Å². The van der Waals surface area contributed by atoms with Gasteiger partial charge in [0.05, 0.1) is 22.3 Å². The number of imidazole rings is 1. The maximum Gasteiger partial charge on any atom is 0.299 e. The molecule has 0 atom stereocenters. The summed E-state index contributed by atoms with van der Waals surface area (Å²) < 4.78 is 29.8. The molecule has 5 heterocycles. The number of halogens is 2. The van der Waals surface area contributed by atoms with Crippen molar-refractivity contribution in [1.29, 1.82) is 0 Å². The van der Waals surface area contributed by atoms with Gasteiger partial charge in [-0.1, -0.05) is 12.2 Å². The lowest BCUT2D eigenvalue weighted by molar-refractivity contribution is 0.0956. The van der Waals surface area contributed by atoms with Gasteiger partial charge in [-0.3, -0.25) is 9.20 Å². The van der Waals surface area contributed by atoms with Crippen LogP contribution in [0.2, 0.25) is 0 Å². The molecule has 4 aromatic rings. The van der Waals surface area contributed by atoms with E-state index < -0.39 is 12.2 Å². The number of hydrogen-bond donors (Lipinski definition) is 2. The van der Waals surface area contributed by atoms with Gasteiger partial charge in [-0.05, 0) is 55.0 Å². The average molecular weight is 497 g/mol. The Morgan fingerprint density at radius 3 is 2.83 bits per heavy atom. The molecule has 5 rings (SSSR count). The first-order chi connectivity index (χ1) is 16.7. The third kappa shape index (κ3) is 4.44. The molecular weight excluding hydrogens is 474 g/mol. The summed E-state index contributed by atoms with van der Waals surface area (Å²) >= 11 is 1.56. The van der Waals surface area contributed by atoms with Crippen molar-refractivity contribution in [2.75, 3.05) is 6.54 Å². The highest BCUT2D eigenvalue weighted by molar-refractivity contribution is 7.15. The molecule has 1 amide bonds. The molecule has 12 heteroatoms. The molecule has 0 unspecified atom stereocenters. The summed E-state index contributed by atoms with van der Waals surface area (Å²) in [5.41, 5.74) is 2.25. The molecule has 0 aliphatic carbocycles. The predicted octanol–water partition coefficient (Wildman–Crippen LogP) is 3.84. The van der Waals surface area contributed by atoms with Gasteiger partial charge in [0.15, 0.2) is 5.65 Å². The lowest BCUT2D eigenvalue weighted by atomic mass is 10.0. The van der Waals surface area contributed by atoms with Crippen molar-refractivity contribution < 1.29 is 13.6 Å². The number of carbonyl (C=O) groups excluding carboxylic acids is 1. The van der Waals surface area contributed by atoms with E-state index in [9.17, 15) is 13.6 Å². The third-order valence-electron chi connectivity index (χ3n) is 5.56. The Kier molecular flexibility index (Phi) is 5.67. The lowest BCUT2D eigenvalue weighted by Crippen LogP contribution is -2.36. The van der Waals surface area contributed by atoms with Gasteiger partial charge >= 0.3 is 0 Å². The van der Waals surface area contributed by atoms with Crippen molar-refractivity contribution in [2.45, 2.75) is 32.7 Å². The molecule has 1 aliphatic heterocycles. The van der Waals surface area contributed by atoms with Crippen molar-refractivity contribution >= 4 is 22.9 Å². The molecule has 35 heavy (non-hydrogen) atoms. The molecular formula is C23H22F2N8OS. The van der Waals surface area contributed by atoms with Crippen LogP contribution in [-0.2, 0) is 0 Å². The van der Waals surface area contributed by atoms with E-state index in [1.54, 1.807) is 28.1 Å². The number of fused-ring (bicyclic) bond motifs is 1. The zero-order valence-electron chi connectivity index (χ0n) is 19.2. The first kappa shape index (κ1) is 22.8. The topological polar surface area (TPSA) is 102 Å². The maximum absolute atomic E-state index is 13.6. The highest BCUT2D eigenvalue weighted by Crippen LogP contribution is 2.31. The number of pyridine rings is 1. The summed E-state index contributed by atoms with van der Waals surface area (Å²) in [6, 6.07) is 5.40. The van der Waals surface area contributed by atoms with Gasteiger partial charge in [-0.25, -0.2) is 13.8 Å². The molecule has 0 bridgehead atoms. The van der Waals surface area contributed by atoms with Gasteiger partial charge < -0.3 is 10.6 Å². The van der Waals surface area contributed by atoms with Crippen LogP contribution >= 0.6 is 11.3 Å². The minimum atomic E-state index is -2.90. The molecule has 0 aromatic carbocycles. The van der Waals surface area contributed by atoms with E-state index >= 15 is 0 Å². The van der Waals surface area contributed by atoms with E-state index in [-0.39, 0.29) is 22.7 Å². The number of aryl methyl sites for hydroxylation is 1. The fourth-order valence-corrected chi connectivity index (χ4v) is 4.56. The van der Waals surface area contributed by atoms with Crippen molar-refractivity contribution in [3.63, 3.8) is 0 Å². The summed E-state index contributed by atoms with van der Waals surface area (Å²) in [6.07, 6.45) is 6.21. The molecule has 0 saturated heterocycles. The van der Waals surface area contributed by atoms with Crippen molar-refractivity contribution in [3.05, 3.63) is 70.8 Å². The predicted molar refractivity (Wildman–Crippen MR) is 128 cm³/mol. The summed E-state index contributed by atoms with van der Waals surface area (Å²) in [7, 11) is 0. The van der Waals surface area contributed by atoms with E-state index in [4.69, 9.17) is 0 Å². The number of alkyl halides is 2. The number of aromatic nitrogens is 6. The number of amides is 1. The molecule has 0 radical (unpaired) electrons. The monoisotopic (exact) mass is 496 g/mol. The van der Waals surface area contributed by atoms with Crippen molar-refractivity contribution in [2.24, 2.45) is 0 Å². The fourth-order valence-electron chi connectivity index (χ4n) is 3.69. The quantitative estimate of drug-likeness (QED) is 0.421. The SMILES string of the molecule is Cc1ccc(-c2cnc3c(-n4nnnc4C(F)F)cc(C(=O)NCC4=CNC(C)(C)C=C4)cn23)s1. The number of dihydropyridines is 1. The second-order valence-corrected chi connectivity index (χ2v) is 10.0. The number of nitrogens with one attached hydrogen (secondary N) is 2. The van der Waals surface area contributed by atoms with Crippen LogP contribution in [0, 0.1) is 6.92 Å². The Bertz CT molecular complexity index is 1480. The third-order valence-corrected chi connectivity index (χ3v) is 6.58. The van der Waals surface area contributed by atoms with Gasteiger partial charge in [0.1, 0.15) is 5.69 Å². The highest BCUT2D eigenvalue weighted by Gasteiger charge is 2.23. The molecule has 9 nitrogen and oxygen atoms in total. The first-order valence-electron chi connectivity index (χ1n) is 10.8. The van der Waals surface area contributed by atoms with Crippen LogP contribution in [0.5, 0.6) is 0 Å². The molecule has 0 fully saturated rings. The number of rotatable bonds is 6. The zero-order valence-corrected chi connectivity index (χ0v) is 20.0. The molecule has 1 aliphatic rings. The van der Waals surface area contributed by atoms with E-state index in [2.05, 4.69) is 31.1 Å². The fraction of sp³-hybridized carbons (Fsp3) is 0.261. The van der Waals surface area contributed by atoms with Gasteiger partial charge in [-0.2, -0.15) is 4.68 Å². The van der Waals surface area contributed by atoms with Crippen LogP contribution in [0.15, 0.2) is 54.5 Å². The number of nitrogens with zero attached hydrogens (tertiary/aromatic N) is 6. The molecule has 0 spiro atoms. The van der Waals surface area contributed by atoms with Crippen molar-refractivity contribution in [3.8, 4) is 16.3 Å². The van der Waals surface area contributed by atoms with E-state index in [1.807, 2.05) is 51.3 Å². The molecule has 0 saturated carbocycles. The van der Waals surface area contributed by atoms with Crippen molar-refractivity contribution in [1.82, 2.24) is 40.2 Å². The zero-order chi connectivity index (χ0) is 24.7. The lowest BCUT2D eigenvalue weighted by Gasteiger charge is -2.25. The number of hydrogen-bond acceptors (Lipinski definition) is 7. The normalized spacial score (nSPS) is 14.9. The van der Waals surface area contributed by atoms with Gasteiger partial charge in [0.2, 0.25) is 5.82 Å². The largest absolute Gasteiger partial charge is 0.382 e. The van der Waals surface area contributed by atoms with Crippen LogP contribution in [0.25, 0.3) is 21.9 Å². The smallest absolute Gasteiger partial charge is 0.299 e. The summed E-state index contributed by atoms with van der Waals surface area (Å²) in [5.74, 6) is -1.01. The van der Waals surface area contributed by atoms with Gasteiger partial charge in [0.25, 0.3) is 12.3 Å². The Morgan fingerprint density at radius 1 is 1.31 bits per heavy atom. The Balaban J connectivity index is 1.55. The standard InChI is InChI=1S/C23H22F2N8OS/c1-13-4-5-18(35-13)17-11-26-20-16(33-21(19(24)25)29-30-31-33)8-15(12-32(17)20)22(34)27-9-14-6-7-23(2,3)28-10-14/h4-8,10-12,19,28H,9H2,1-3H3,(H,27,34). The minimum absolute atomic E-state index is 0.153. The molecule has 2 N–H and O–H groups in total. The first-order valence-corrected chi connectivity index (χ1v) is 11.6. The highest BCUT2D eigenvalue weighted by atomic mass is 32.1. The van der Waals surface area contributed by atoms with E-state index in [0.29, 0.717) is 12.2 Å². The number of carbonyl (C=O) groups is 1. The summed E-state index contributed by atoms with van der Waals surface area (Å²) in [6.45, 7) is 6.36. The van der Waals surface area contributed by atoms with Crippen LogP contribution in [-0.4, -0.2) is 47.6 Å². The van der Waals surface area contributed by atoms with Gasteiger partial charge in [-0.15, -0.1) is 16.4 Å². The average Bonchev–Trinajstić information content (AvgIpc) is 3.56. The number of tetrazole rings is 1. The Morgan fingerprint density at radius 2 is 2.14 bits per heavy atom. The minimum Gasteiger partial charge on any atom is -0.382 e. The Labute approximate surface area is 203 Å². The summed E-state index contributed by atoms with van der Waals surface area (Å²) in [4.78, 5) is 19.6. The van der Waals surface area contributed by atoms with Crippen LogP contribution in [0.1, 0.15) is 41.3 Å². The second-order valence-electron chi connectivity index (χ2n) is 8.71. The van der Waals surface area contributed by atoms with E-state index in [1.165, 1.54) is 6.07 Å². The Hall–Kier alpha value is -3.93. The van der Waals surface area contributed by atoms with Crippen LogP contribution < -0.4 is 10.6 Å². The van der Waals surface area contributed by atoms with E-state index in [0.717, 1.165) is 25.7 Å². The van der Waals surface area contributed by atoms with Gasteiger partial charge in [0, 0.05) is 29.4 Å². The second kappa shape index (κ2) is 8.69. The number of thiophene rings is 1.